The maximum Gasteiger partial charge on any atom is 0.201 e. The topological polar surface area (TPSA) is 52.7 Å². The minimum atomic E-state index is -0.331. The molecule has 3 N–H and O–H groups in total. The second-order valence-electron chi connectivity index (χ2n) is 6.78. The highest BCUT2D eigenvalue weighted by Crippen LogP contribution is 2.22. The standard InChI is InChI=1S/C18H20ClFN4/c1-18(2,3)24-13-6-7-15-16(9-13)23-17(22-15)21-10-11-4-5-12(19)8-14(11)20/h4-9,24H,10H2,1-3H3,(H2,21,22,23). The number of fused-ring (bicyclic) bond motifs is 1. The molecule has 0 saturated heterocycles. The first kappa shape index (κ1) is 16.6. The molecule has 2 aromatic carbocycles. The predicted molar refractivity (Wildman–Crippen MR) is 98.2 cm³/mol. The summed E-state index contributed by atoms with van der Waals surface area (Å²) < 4.78 is 13.8. The number of halogens is 2. The molecule has 0 spiro atoms. The molecule has 4 nitrogen and oxygen atoms in total. The van der Waals surface area contributed by atoms with E-state index in [2.05, 4.69) is 41.4 Å². The van der Waals surface area contributed by atoms with Gasteiger partial charge in [0.1, 0.15) is 5.82 Å². The van der Waals surface area contributed by atoms with Gasteiger partial charge in [-0.1, -0.05) is 17.7 Å². The molecule has 3 rings (SSSR count). The highest BCUT2D eigenvalue weighted by Gasteiger charge is 2.11. The molecule has 0 aliphatic carbocycles. The van der Waals surface area contributed by atoms with Gasteiger partial charge < -0.3 is 15.6 Å². The van der Waals surface area contributed by atoms with E-state index in [0.717, 1.165) is 16.7 Å². The Labute approximate surface area is 145 Å². The Morgan fingerprint density at radius 3 is 2.67 bits per heavy atom. The minimum Gasteiger partial charge on any atom is -0.380 e. The summed E-state index contributed by atoms with van der Waals surface area (Å²) >= 11 is 5.76. The average Bonchev–Trinajstić information content (AvgIpc) is 2.86. The van der Waals surface area contributed by atoms with E-state index in [4.69, 9.17) is 11.6 Å². The van der Waals surface area contributed by atoms with Crippen molar-refractivity contribution in [1.29, 1.82) is 0 Å². The van der Waals surface area contributed by atoms with Crippen molar-refractivity contribution in [2.75, 3.05) is 10.6 Å². The van der Waals surface area contributed by atoms with Crippen LogP contribution in [0.4, 0.5) is 16.0 Å². The number of nitrogens with zero attached hydrogens (tertiary/aromatic N) is 1. The van der Waals surface area contributed by atoms with Crippen molar-refractivity contribution in [1.82, 2.24) is 9.97 Å². The number of anilines is 2. The maximum absolute atomic E-state index is 13.8. The molecule has 0 atom stereocenters. The number of hydrogen-bond donors (Lipinski definition) is 3. The van der Waals surface area contributed by atoms with Crippen LogP contribution >= 0.6 is 11.6 Å². The van der Waals surface area contributed by atoms with Gasteiger partial charge in [0.25, 0.3) is 0 Å². The molecule has 0 saturated carbocycles. The molecular weight excluding hydrogens is 327 g/mol. The van der Waals surface area contributed by atoms with Crippen LogP contribution in [-0.2, 0) is 6.54 Å². The molecule has 1 aromatic heterocycles. The van der Waals surface area contributed by atoms with Gasteiger partial charge in [0.2, 0.25) is 5.95 Å². The largest absolute Gasteiger partial charge is 0.380 e. The molecule has 6 heteroatoms. The second-order valence-corrected chi connectivity index (χ2v) is 7.22. The summed E-state index contributed by atoms with van der Waals surface area (Å²) in [6, 6.07) is 10.6. The maximum atomic E-state index is 13.8. The lowest BCUT2D eigenvalue weighted by molar-refractivity contribution is 0.613. The van der Waals surface area contributed by atoms with Crippen LogP contribution in [0.1, 0.15) is 26.3 Å². The first-order valence-corrected chi connectivity index (χ1v) is 8.14. The highest BCUT2D eigenvalue weighted by atomic mass is 35.5. The van der Waals surface area contributed by atoms with E-state index in [-0.39, 0.29) is 11.4 Å². The molecule has 1 heterocycles. The van der Waals surface area contributed by atoms with Crippen molar-refractivity contribution in [3.8, 4) is 0 Å². The Kier molecular flexibility index (Phi) is 4.37. The minimum absolute atomic E-state index is 0.0130. The molecular formula is C18H20ClFN4. The van der Waals surface area contributed by atoms with Crippen molar-refractivity contribution >= 4 is 34.3 Å². The van der Waals surface area contributed by atoms with Crippen molar-refractivity contribution in [3.63, 3.8) is 0 Å². The predicted octanol–water partition coefficient (Wildman–Crippen LogP) is 5.18. The molecule has 0 unspecified atom stereocenters. The first-order chi connectivity index (χ1) is 11.3. The van der Waals surface area contributed by atoms with E-state index in [9.17, 15) is 4.39 Å². The Morgan fingerprint density at radius 1 is 1.17 bits per heavy atom. The number of rotatable bonds is 4. The van der Waals surface area contributed by atoms with Gasteiger partial charge >= 0.3 is 0 Å². The van der Waals surface area contributed by atoms with Gasteiger partial charge in [0.05, 0.1) is 11.0 Å². The summed E-state index contributed by atoms with van der Waals surface area (Å²) in [4.78, 5) is 7.68. The van der Waals surface area contributed by atoms with E-state index in [1.807, 2.05) is 18.2 Å². The Morgan fingerprint density at radius 2 is 1.96 bits per heavy atom. The summed E-state index contributed by atoms with van der Waals surface area (Å²) in [6.45, 7) is 6.66. The van der Waals surface area contributed by atoms with Gasteiger partial charge in [0.15, 0.2) is 0 Å². The molecule has 0 aliphatic rings. The van der Waals surface area contributed by atoms with Crippen LogP contribution in [-0.4, -0.2) is 15.5 Å². The van der Waals surface area contributed by atoms with E-state index in [1.54, 1.807) is 12.1 Å². The number of imidazole rings is 1. The summed E-state index contributed by atoms with van der Waals surface area (Å²) in [7, 11) is 0. The van der Waals surface area contributed by atoms with Crippen molar-refractivity contribution in [3.05, 3.63) is 52.8 Å². The normalized spacial score (nSPS) is 11.7. The number of hydrogen-bond acceptors (Lipinski definition) is 3. The van der Waals surface area contributed by atoms with Gasteiger partial charge in [0, 0.05) is 28.4 Å². The summed E-state index contributed by atoms with van der Waals surface area (Å²) in [5.41, 5.74) is 3.32. The SMILES string of the molecule is CC(C)(C)Nc1ccc2nc(NCc3ccc(Cl)cc3F)[nH]c2c1. The van der Waals surface area contributed by atoms with E-state index < -0.39 is 0 Å². The van der Waals surface area contributed by atoms with Crippen LogP contribution in [0.3, 0.4) is 0 Å². The molecule has 3 aromatic rings. The van der Waals surface area contributed by atoms with Crippen LogP contribution in [0.25, 0.3) is 11.0 Å². The van der Waals surface area contributed by atoms with Gasteiger partial charge in [-0.3, -0.25) is 0 Å². The van der Waals surface area contributed by atoms with Gasteiger partial charge in [-0.05, 0) is 51.1 Å². The lowest BCUT2D eigenvalue weighted by Gasteiger charge is -2.21. The van der Waals surface area contributed by atoms with Crippen LogP contribution in [0.2, 0.25) is 5.02 Å². The third-order valence-electron chi connectivity index (χ3n) is 3.46. The van der Waals surface area contributed by atoms with Gasteiger partial charge in [-0.25, -0.2) is 9.37 Å². The van der Waals surface area contributed by atoms with Crippen LogP contribution < -0.4 is 10.6 Å². The third-order valence-corrected chi connectivity index (χ3v) is 3.70. The Bertz CT molecular complexity index is 867. The Balaban J connectivity index is 1.75. The zero-order valence-corrected chi connectivity index (χ0v) is 14.6. The summed E-state index contributed by atoms with van der Waals surface area (Å²) in [5, 5.41) is 6.92. The van der Waals surface area contributed by atoms with E-state index >= 15 is 0 Å². The molecule has 0 aliphatic heterocycles. The summed E-state index contributed by atoms with van der Waals surface area (Å²) in [6.07, 6.45) is 0. The number of aromatic amines is 1. The lowest BCUT2D eigenvalue weighted by Crippen LogP contribution is -2.25. The number of benzene rings is 2. The zero-order chi connectivity index (χ0) is 17.3. The molecule has 0 bridgehead atoms. The Hall–Kier alpha value is -2.27. The van der Waals surface area contributed by atoms with Crippen molar-refractivity contribution in [2.24, 2.45) is 0 Å². The smallest absolute Gasteiger partial charge is 0.201 e. The number of aromatic nitrogens is 2. The summed E-state index contributed by atoms with van der Waals surface area (Å²) in [5.74, 6) is 0.273. The molecule has 24 heavy (non-hydrogen) atoms. The zero-order valence-electron chi connectivity index (χ0n) is 13.9. The van der Waals surface area contributed by atoms with Gasteiger partial charge in [-0.15, -0.1) is 0 Å². The lowest BCUT2D eigenvalue weighted by atomic mass is 10.1. The fraction of sp³-hybridized carbons (Fsp3) is 0.278. The average molecular weight is 347 g/mol. The monoisotopic (exact) mass is 346 g/mol. The number of H-pyrrole nitrogens is 1. The van der Waals surface area contributed by atoms with Crippen LogP contribution in [0, 0.1) is 5.82 Å². The quantitative estimate of drug-likeness (QED) is 0.610. The number of nitrogens with one attached hydrogen (secondary N) is 3. The fourth-order valence-corrected chi connectivity index (χ4v) is 2.61. The molecule has 0 fully saturated rings. The molecule has 126 valence electrons. The molecule has 0 radical (unpaired) electrons. The van der Waals surface area contributed by atoms with Crippen LogP contribution in [0.15, 0.2) is 36.4 Å². The molecule has 0 amide bonds. The van der Waals surface area contributed by atoms with Crippen LogP contribution in [0.5, 0.6) is 0 Å². The highest BCUT2D eigenvalue weighted by molar-refractivity contribution is 6.30. The second kappa shape index (κ2) is 6.32. The first-order valence-electron chi connectivity index (χ1n) is 7.76. The van der Waals surface area contributed by atoms with Gasteiger partial charge in [-0.2, -0.15) is 0 Å². The van der Waals surface area contributed by atoms with Crippen molar-refractivity contribution < 1.29 is 4.39 Å². The van der Waals surface area contributed by atoms with E-state index in [1.165, 1.54) is 6.07 Å². The van der Waals surface area contributed by atoms with E-state index in [0.29, 0.717) is 23.1 Å². The fourth-order valence-electron chi connectivity index (χ4n) is 2.45. The van der Waals surface area contributed by atoms with Crippen molar-refractivity contribution in [2.45, 2.75) is 32.9 Å². The third kappa shape index (κ3) is 3.97.